The molecule has 1 atom stereocenters. The molecule has 5 nitrogen and oxygen atoms in total. The van der Waals surface area contributed by atoms with Crippen LogP contribution in [-0.2, 0) is 0 Å². The number of benzene rings is 1. The van der Waals surface area contributed by atoms with Crippen molar-refractivity contribution in [3.8, 4) is 0 Å². The standard InChI is InChI=1S/C12H20N4O/c1-8(7-16(2)3)15-11-6-9(13)4-5-10(11)12(14)17/h4-6,8,15H,7,13H2,1-3H3,(H2,14,17). The van der Waals surface area contributed by atoms with Crippen LogP contribution in [0.15, 0.2) is 18.2 Å². The second kappa shape index (κ2) is 5.54. The molecule has 94 valence electrons. The van der Waals surface area contributed by atoms with E-state index in [0.717, 1.165) is 6.54 Å². The molecule has 17 heavy (non-hydrogen) atoms. The number of likely N-dealkylation sites (N-methyl/N-ethyl adjacent to an activating group) is 1. The zero-order valence-electron chi connectivity index (χ0n) is 10.5. The van der Waals surface area contributed by atoms with Crippen molar-refractivity contribution >= 4 is 17.3 Å². The second-order valence-electron chi connectivity index (χ2n) is 4.48. The Kier molecular flexibility index (Phi) is 4.34. The van der Waals surface area contributed by atoms with Gasteiger partial charge in [-0.2, -0.15) is 0 Å². The van der Waals surface area contributed by atoms with Gasteiger partial charge in [0.25, 0.3) is 5.91 Å². The van der Waals surface area contributed by atoms with Crippen LogP contribution in [0.4, 0.5) is 11.4 Å². The van der Waals surface area contributed by atoms with E-state index < -0.39 is 5.91 Å². The summed E-state index contributed by atoms with van der Waals surface area (Å²) in [6, 6.07) is 5.24. The van der Waals surface area contributed by atoms with Gasteiger partial charge in [0, 0.05) is 24.0 Å². The average molecular weight is 236 g/mol. The summed E-state index contributed by atoms with van der Waals surface area (Å²) < 4.78 is 0. The lowest BCUT2D eigenvalue weighted by Crippen LogP contribution is -2.30. The van der Waals surface area contributed by atoms with Crippen molar-refractivity contribution in [2.45, 2.75) is 13.0 Å². The van der Waals surface area contributed by atoms with E-state index in [1.54, 1.807) is 18.2 Å². The Morgan fingerprint density at radius 3 is 2.65 bits per heavy atom. The SMILES string of the molecule is CC(CN(C)C)Nc1cc(N)ccc1C(N)=O. The number of nitrogens with two attached hydrogens (primary N) is 2. The highest BCUT2D eigenvalue weighted by Gasteiger charge is 2.11. The number of nitrogens with one attached hydrogen (secondary N) is 1. The number of anilines is 2. The maximum absolute atomic E-state index is 11.3. The molecule has 5 N–H and O–H groups in total. The van der Waals surface area contributed by atoms with E-state index in [9.17, 15) is 4.79 Å². The van der Waals surface area contributed by atoms with Crippen LogP contribution in [0.2, 0.25) is 0 Å². The van der Waals surface area contributed by atoms with Crippen LogP contribution in [0.3, 0.4) is 0 Å². The highest BCUT2D eigenvalue weighted by Crippen LogP contribution is 2.19. The van der Waals surface area contributed by atoms with Gasteiger partial charge in [-0.05, 0) is 39.2 Å². The summed E-state index contributed by atoms with van der Waals surface area (Å²) in [5, 5.41) is 3.24. The second-order valence-corrected chi connectivity index (χ2v) is 4.48. The van der Waals surface area contributed by atoms with Crippen molar-refractivity contribution in [3.63, 3.8) is 0 Å². The van der Waals surface area contributed by atoms with Crippen LogP contribution in [0.5, 0.6) is 0 Å². The molecule has 0 fully saturated rings. The molecule has 0 radical (unpaired) electrons. The molecule has 0 spiro atoms. The molecular weight excluding hydrogens is 216 g/mol. The van der Waals surface area contributed by atoms with E-state index in [0.29, 0.717) is 16.9 Å². The number of hydrogen-bond donors (Lipinski definition) is 3. The van der Waals surface area contributed by atoms with Crippen LogP contribution in [0.25, 0.3) is 0 Å². The van der Waals surface area contributed by atoms with E-state index in [2.05, 4.69) is 10.2 Å². The quantitative estimate of drug-likeness (QED) is 0.658. The van der Waals surface area contributed by atoms with Crippen LogP contribution >= 0.6 is 0 Å². The minimum absolute atomic E-state index is 0.199. The molecule has 0 aliphatic heterocycles. The number of carbonyl (C=O) groups is 1. The fourth-order valence-corrected chi connectivity index (χ4v) is 1.75. The molecule has 1 unspecified atom stereocenters. The normalized spacial score (nSPS) is 12.5. The van der Waals surface area contributed by atoms with Gasteiger partial charge in [0.05, 0.1) is 5.56 Å². The van der Waals surface area contributed by atoms with Crippen LogP contribution < -0.4 is 16.8 Å². The Labute approximate surface area is 102 Å². The van der Waals surface area contributed by atoms with Crippen molar-refractivity contribution in [3.05, 3.63) is 23.8 Å². The predicted octanol–water partition coefficient (Wildman–Crippen LogP) is 0.730. The van der Waals surface area contributed by atoms with Gasteiger partial charge in [0.1, 0.15) is 0 Å². The molecule has 0 bridgehead atoms. The van der Waals surface area contributed by atoms with E-state index in [1.165, 1.54) is 0 Å². The lowest BCUT2D eigenvalue weighted by Gasteiger charge is -2.20. The lowest BCUT2D eigenvalue weighted by molar-refractivity contribution is 0.100. The van der Waals surface area contributed by atoms with Gasteiger partial charge in [0.15, 0.2) is 0 Å². The molecule has 0 saturated heterocycles. The predicted molar refractivity (Wildman–Crippen MR) is 71.0 cm³/mol. The molecule has 0 aliphatic rings. The van der Waals surface area contributed by atoms with E-state index in [4.69, 9.17) is 11.5 Å². The molecule has 0 saturated carbocycles. The molecular formula is C12H20N4O. The smallest absolute Gasteiger partial charge is 0.250 e. The Hall–Kier alpha value is -1.75. The third-order valence-electron chi connectivity index (χ3n) is 2.35. The number of primary amides is 1. The Balaban J connectivity index is 2.88. The van der Waals surface area contributed by atoms with Gasteiger partial charge in [-0.3, -0.25) is 4.79 Å². The molecule has 0 aromatic heterocycles. The van der Waals surface area contributed by atoms with Crippen molar-refractivity contribution in [1.29, 1.82) is 0 Å². The minimum atomic E-state index is -0.454. The first-order chi connectivity index (χ1) is 7.90. The van der Waals surface area contributed by atoms with Gasteiger partial charge >= 0.3 is 0 Å². The Bertz CT molecular complexity index is 403. The first kappa shape index (κ1) is 13.3. The lowest BCUT2D eigenvalue weighted by atomic mass is 10.1. The van der Waals surface area contributed by atoms with Gasteiger partial charge in [-0.1, -0.05) is 0 Å². The van der Waals surface area contributed by atoms with E-state index >= 15 is 0 Å². The number of hydrogen-bond acceptors (Lipinski definition) is 4. The van der Waals surface area contributed by atoms with Gasteiger partial charge < -0.3 is 21.7 Å². The van der Waals surface area contributed by atoms with Crippen LogP contribution in [-0.4, -0.2) is 37.5 Å². The summed E-state index contributed by atoms with van der Waals surface area (Å²) in [6.07, 6.45) is 0. The molecule has 0 aliphatic carbocycles. The number of nitrogens with zero attached hydrogens (tertiary/aromatic N) is 1. The average Bonchev–Trinajstić information content (AvgIpc) is 2.15. The van der Waals surface area contributed by atoms with Crippen LogP contribution in [0, 0.1) is 0 Å². The summed E-state index contributed by atoms with van der Waals surface area (Å²) in [5.41, 5.74) is 12.8. The number of rotatable bonds is 5. The minimum Gasteiger partial charge on any atom is -0.399 e. The molecule has 1 amide bonds. The third-order valence-corrected chi connectivity index (χ3v) is 2.35. The maximum atomic E-state index is 11.3. The summed E-state index contributed by atoms with van der Waals surface area (Å²) in [5.74, 6) is -0.454. The fourth-order valence-electron chi connectivity index (χ4n) is 1.75. The number of carbonyl (C=O) groups excluding carboxylic acids is 1. The highest BCUT2D eigenvalue weighted by molar-refractivity contribution is 5.99. The summed E-state index contributed by atoms with van der Waals surface area (Å²) >= 11 is 0. The Morgan fingerprint density at radius 1 is 1.47 bits per heavy atom. The topological polar surface area (TPSA) is 84.4 Å². The summed E-state index contributed by atoms with van der Waals surface area (Å²) in [4.78, 5) is 13.3. The zero-order valence-corrected chi connectivity index (χ0v) is 10.5. The largest absolute Gasteiger partial charge is 0.399 e. The first-order valence-electron chi connectivity index (χ1n) is 5.50. The summed E-state index contributed by atoms with van der Waals surface area (Å²) in [6.45, 7) is 2.89. The van der Waals surface area contributed by atoms with Crippen molar-refractivity contribution < 1.29 is 4.79 Å². The number of amides is 1. The van der Waals surface area contributed by atoms with Gasteiger partial charge in [0.2, 0.25) is 0 Å². The molecule has 1 aromatic carbocycles. The third kappa shape index (κ3) is 3.96. The monoisotopic (exact) mass is 236 g/mol. The zero-order chi connectivity index (χ0) is 13.0. The number of nitrogen functional groups attached to an aromatic ring is 1. The summed E-state index contributed by atoms with van der Waals surface area (Å²) in [7, 11) is 3.99. The van der Waals surface area contributed by atoms with E-state index in [-0.39, 0.29) is 6.04 Å². The van der Waals surface area contributed by atoms with Crippen molar-refractivity contribution in [1.82, 2.24) is 4.90 Å². The van der Waals surface area contributed by atoms with E-state index in [1.807, 2.05) is 21.0 Å². The maximum Gasteiger partial charge on any atom is 0.250 e. The highest BCUT2D eigenvalue weighted by atomic mass is 16.1. The molecule has 1 rings (SSSR count). The van der Waals surface area contributed by atoms with Crippen molar-refractivity contribution in [2.24, 2.45) is 5.73 Å². The van der Waals surface area contributed by atoms with Gasteiger partial charge in [-0.15, -0.1) is 0 Å². The van der Waals surface area contributed by atoms with Crippen molar-refractivity contribution in [2.75, 3.05) is 31.7 Å². The molecule has 0 heterocycles. The molecule has 1 aromatic rings. The molecule has 5 heteroatoms. The fraction of sp³-hybridized carbons (Fsp3) is 0.417. The van der Waals surface area contributed by atoms with Crippen LogP contribution in [0.1, 0.15) is 17.3 Å². The van der Waals surface area contributed by atoms with Gasteiger partial charge in [-0.25, -0.2) is 0 Å². The first-order valence-corrected chi connectivity index (χ1v) is 5.50. The Morgan fingerprint density at radius 2 is 2.12 bits per heavy atom.